The lowest BCUT2D eigenvalue weighted by molar-refractivity contribution is 0.192. The maximum atomic E-state index is 10.1. The van der Waals surface area contributed by atoms with Crippen molar-refractivity contribution in [3.63, 3.8) is 0 Å². The summed E-state index contributed by atoms with van der Waals surface area (Å²) in [7, 11) is 1.84. The van der Waals surface area contributed by atoms with Gasteiger partial charge in [0.05, 0.1) is 6.10 Å². The number of aliphatic hydroxyl groups is 1. The van der Waals surface area contributed by atoms with E-state index in [0.29, 0.717) is 6.54 Å². The molecule has 6 heteroatoms. The fraction of sp³-hybridized carbons (Fsp3) is 0.429. The van der Waals surface area contributed by atoms with E-state index in [1.54, 1.807) is 11.3 Å². The molecule has 0 aliphatic heterocycles. The second kappa shape index (κ2) is 7.21. The van der Waals surface area contributed by atoms with Crippen molar-refractivity contribution in [1.29, 1.82) is 0 Å². The van der Waals surface area contributed by atoms with Crippen molar-refractivity contribution in [3.05, 3.63) is 34.3 Å². The van der Waals surface area contributed by atoms with Crippen LogP contribution in [0, 0.1) is 0 Å². The molecular formula is C14H20N4OS. The highest BCUT2D eigenvalue weighted by Crippen LogP contribution is 2.18. The summed E-state index contributed by atoms with van der Waals surface area (Å²) < 4.78 is 0. The van der Waals surface area contributed by atoms with E-state index < -0.39 is 6.10 Å². The van der Waals surface area contributed by atoms with E-state index in [2.05, 4.69) is 27.5 Å². The Kier molecular flexibility index (Phi) is 5.31. The van der Waals surface area contributed by atoms with Gasteiger partial charge in [-0.3, -0.25) is 0 Å². The average Bonchev–Trinajstić information content (AvgIpc) is 2.99. The van der Waals surface area contributed by atoms with Crippen LogP contribution in [-0.4, -0.2) is 28.7 Å². The van der Waals surface area contributed by atoms with Crippen LogP contribution in [0.5, 0.6) is 0 Å². The van der Waals surface area contributed by atoms with Gasteiger partial charge in [0.1, 0.15) is 17.5 Å². The SMILES string of the molecule is CCCc1nc(NC)cc(NCC(O)c2ccsc2)n1. The molecule has 2 aromatic heterocycles. The Balaban J connectivity index is 2.02. The van der Waals surface area contributed by atoms with Gasteiger partial charge in [0.25, 0.3) is 0 Å². The number of aliphatic hydroxyl groups excluding tert-OH is 1. The Bertz CT molecular complexity index is 530. The third-order valence-electron chi connectivity index (χ3n) is 2.91. The molecular weight excluding hydrogens is 272 g/mol. The second-order valence-electron chi connectivity index (χ2n) is 4.51. The molecule has 0 aromatic carbocycles. The Morgan fingerprint density at radius 2 is 2.15 bits per heavy atom. The minimum absolute atomic E-state index is 0.433. The number of rotatable bonds is 7. The minimum Gasteiger partial charge on any atom is -0.387 e. The predicted octanol–water partition coefficient (Wildman–Crippen LogP) is 2.68. The molecule has 0 radical (unpaired) electrons. The molecule has 2 aromatic rings. The second-order valence-corrected chi connectivity index (χ2v) is 5.29. The van der Waals surface area contributed by atoms with Crippen LogP contribution in [0.1, 0.15) is 30.8 Å². The van der Waals surface area contributed by atoms with Crippen molar-refractivity contribution in [1.82, 2.24) is 9.97 Å². The van der Waals surface area contributed by atoms with Gasteiger partial charge in [0, 0.05) is 26.1 Å². The summed E-state index contributed by atoms with van der Waals surface area (Å²) in [6, 6.07) is 3.78. The minimum atomic E-state index is -0.524. The number of aromatic nitrogens is 2. The molecule has 0 spiro atoms. The van der Waals surface area contributed by atoms with E-state index >= 15 is 0 Å². The van der Waals surface area contributed by atoms with Crippen LogP contribution in [-0.2, 0) is 6.42 Å². The molecule has 0 amide bonds. The molecule has 0 saturated carbocycles. The summed E-state index contributed by atoms with van der Waals surface area (Å²) in [5.41, 5.74) is 0.930. The van der Waals surface area contributed by atoms with Crippen LogP contribution in [0.3, 0.4) is 0 Å². The summed E-state index contributed by atoms with van der Waals surface area (Å²) >= 11 is 1.58. The van der Waals surface area contributed by atoms with Crippen molar-refractivity contribution in [2.45, 2.75) is 25.9 Å². The fourth-order valence-electron chi connectivity index (χ4n) is 1.83. The lowest BCUT2D eigenvalue weighted by Crippen LogP contribution is -2.13. The summed E-state index contributed by atoms with van der Waals surface area (Å²) in [5.74, 6) is 2.34. The zero-order valence-corrected chi connectivity index (χ0v) is 12.6. The standard InChI is InChI=1S/C14H20N4OS/c1-3-4-12-17-13(15-2)7-14(18-12)16-8-11(19)10-5-6-20-9-10/h5-7,9,11,19H,3-4,8H2,1-2H3,(H2,15,16,17,18). The van der Waals surface area contributed by atoms with Gasteiger partial charge < -0.3 is 15.7 Å². The fourth-order valence-corrected chi connectivity index (χ4v) is 2.54. The van der Waals surface area contributed by atoms with Gasteiger partial charge in [0.15, 0.2) is 0 Å². The summed E-state index contributed by atoms with van der Waals surface area (Å²) in [4.78, 5) is 8.85. The maximum absolute atomic E-state index is 10.1. The molecule has 0 saturated heterocycles. The maximum Gasteiger partial charge on any atom is 0.133 e. The molecule has 1 unspecified atom stereocenters. The number of thiophene rings is 1. The van der Waals surface area contributed by atoms with Gasteiger partial charge in [-0.15, -0.1) is 0 Å². The van der Waals surface area contributed by atoms with E-state index in [4.69, 9.17) is 0 Å². The number of nitrogens with zero attached hydrogens (tertiary/aromatic N) is 2. The zero-order valence-electron chi connectivity index (χ0n) is 11.8. The average molecular weight is 292 g/mol. The first-order valence-electron chi connectivity index (χ1n) is 6.72. The van der Waals surface area contributed by atoms with Crippen molar-refractivity contribution >= 4 is 23.0 Å². The lowest BCUT2D eigenvalue weighted by atomic mass is 10.2. The molecule has 1 atom stereocenters. The van der Waals surface area contributed by atoms with Crippen molar-refractivity contribution in [3.8, 4) is 0 Å². The molecule has 0 bridgehead atoms. The Morgan fingerprint density at radius 3 is 2.80 bits per heavy atom. The normalized spacial score (nSPS) is 12.2. The quantitative estimate of drug-likeness (QED) is 0.732. The highest BCUT2D eigenvalue weighted by molar-refractivity contribution is 7.07. The van der Waals surface area contributed by atoms with Gasteiger partial charge in [-0.1, -0.05) is 6.92 Å². The third-order valence-corrected chi connectivity index (χ3v) is 3.61. The lowest BCUT2D eigenvalue weighted by Gasteiger charge is -2.12. The molecule has 2 heterocycles. The van der Waals surface area contributed by atoms with Gasteiger partial charge in [0.2, 0.25) is 0 Å². The van der Waals surface area contributed by atoms with E-state index in [0.717, 1.165) is 35.9 Å². The first kappa shape index (κ1) is 14.7. The Morgan fingerprint density at radius 1 is 1.35 bits per heavy atom. The van der Waals surface area contributed by atoms with E-state index in [-0.39, 0.29) is 0 Å². The van der Waals surface area contributed by atoms with Gasteiger partial charge >= 0.3 is 0 Å². The summed E-state index contributed by atoms with van der Waals surface area (Å²) in [6.45, 7) is 2.53. The highest BCUT2D eigenvalue weighted by atomic mass is 32.1. The summed E-state index contributed by atoms with van der Waals surface area (Å²) in [5, 5.41) is 20.2. The van der Waals surface area contributed by atoms with E-state index in [1.165, 1.54) is 0 Å². The van der Waals surface area contributed by atoms with Gasteiger partial charge in [-0.05, 0) is 28.8 Å². The largest absolute Gasteiger partial charge is 0.387 e. The van der Waals surface area contributed by atoms with Crippen molar-refractivity contribution < 1.29 is 5.11 Å². The van der Waals surface area contributed by atoms with Crippen LogP contribution in [0.15, 0.2) is 22.9 Å². The first-order valence-corrected chi connectivity index (χ1v) is 7.67. The van der Waals surface area contributed by atoms with Crippen LogP contribution in [0.2, 0.25) is 0 Å². The molecule has 2 rings (SSSR count). The van der Waals surface area contributed by atoms with Crippen LogP contribution in [0.25, 0.3) is 0 Å². The molecule has 20 heavy (non-hydrogen) atoms. The van der Waals surface area contributed by atoms with Gasteiger partial charge in [-0.25, -0.2) is 9.97 Å². The molecule has 108 valence electrons. The number of aryl methyl sites for hydroxylation is 1. The van der Waals surface area contributed by atoms with E-state index in [9.17, 15) is 5.11 Å². The molecule has 0 aliphatic rings. The monoisotopic (exact) mass is 292 g/mol. The third kappa shape index (κ3) is 3.91. The Hall–Kier alpha value is -1.66. The molecule has 0 fully saturated rings. The van der Waals surface area contributed by atoms with Crippen molar-refractivity contribution in [2.24, 2.45) is 0 Å². The van der Waals surface area contributed by atoms with Gasteiger partial charge in [-0.2, -0.15) is 11.3 Å². The predicted molar refractivity (Wildman–Crippen MR) is 83.3 cm³/mol. The molecule has 0 aliphatic carbocycles. The van der Waals surface area contributed by atoms with Crippen LogP contribution >= 0.6 is 11.3 Å². The van der Waals surface area contributed by atoms with Crippen molar-refractivity contribution in [2.75, 3.05) is 24.2 Å². The van der Waals surface area contributed by atoms with Crippen LogP contribution < -0.4 is 10.6 Å². The summed E-state index contributed by atoms with van der Waals surface area (Å²) in [6.07, 6.45) is 1.32. The number of anilines is 2. The molecule has 3 N–H and O–H groups in total. The van der Waals surface area contributed by atoms with Crippen LogP contribution in [0.4, 0.5) is 11.6 Å². The first-order chi connectivity index (χ1) is 9.72. The zero-order chi connectivity index (χ0) is 14.4. The number of hydrogen-bond acceptors (Lipinski definition) is 6. The van der Waals surface area contributed by atoms with E-state index in [1.807, 2.05) is 29.9 Å². The molecule has 5 nitrogen and oxygen atoms in total. The topological polar surface area (TPSA) is 70.1 Å². The Labute approximate surface area is 123 Å². The number of nitrogens with one attached hydrogen (secondary N) is 2. The highest BCUT2D eigenvalue weighted by Gasteiger charge is 2.09. The smallest absolute Gasteiger partial charge is 0.133 e. The number of hydrogen-bond donors (Lipinski definition) is 3.